The Morgan fingerprint density at radius 3 is 1.40 bits per heavy atom. The van der Waals surface area contributed by atoms with E-state index in [9.17, 15) is 10.2 Å². The van der Waals surface area contributed by atoms with Gasteiger partial charge >= 0.3 is 0 Å². The molecule has 0 atom stereocenters. The summed E-state index contributed by atoms with van der Waals surface area (Å²) in [6.45, 7) is 12.5. The van der Waals surface area contributed by atoms with E-state index in [1.807, 2.05) is 36.7 Å². The molecule has 0 radical (unpaired) electrons. The molecule has 0 aromatic heterocycles. The van der Waals surface area contributed by atoms with E-state index in [-0.39, 0.29) is 0 Å². The average Bonchev–Trinajstić information content (AvgIpc) is 3.05. The predicted octanol–water partition coefficient (Wildman–Crippen LogP) is 5.33. The maximum Gasteiger partial charge on any atom is 0.128 e. The van der Waals surface area contributed by atoms with Gasteiger partial charge in [0.2, 0.25) is 0 Å². The van der Waals surface area contributed by atoms with E-state index in [4.69, 9.17) is 0 Å². The van der Waals surface area contributed by atoms with Crippen LogP contribution in [-0.4, -0.2) is 173 Å². The molecule has 1 fully saturated rings. The highest BCUT2D eigenvalue weighted by Gasteiger charge is 2.17. The molecule has 280 valence electrons. The summed E-state index contributed by atoms with van der Waals surface area (Å²) >= 11 is 7.34. The number of halogens is 2. The van der Waals surface area contributed by atoms with E-state index in [1.165, 1.54) is 0 Å². The maximum atomic E-state index is 11.2. The third kappa shape index (κ3) is 16.2. The van der Waals surface area contributed by atoms with Crippen LogP contribution in [0.2, 0.25) is 0 Å². The molecule has 2 aromatic rings. The number of phenols is 2. The number of phenolic OH excluding ortho intramolecular Hbond substituents is 2. The third-order valence-corrected chi connectivity index (χ3v) is 9.94. The number of hydrogen-bond donors (Lipinski definition) is 2. The van der Waals surface area contributed by atoms with Gasteiger partial charge in [-0.3, -0.25) is 19.8 Å². The van der Waals surface area contributed by atoms with Crippen LogP contribution >= 0.6 is 31.9 Å². The second kappa shape index (κ2) is 22.9. The minimum atomic E-state index is 0.324. The molecule has 0 bridgehead atoms. The molecule has 1 aliphatic heterocycles. The fourth-order valence-corrected chi connectivity index (χ4v) is 7.12. The molecule has 0 aliphatic carbocycles. The number of benzene rings is 2. The Hall–Kier alpha value is -1.90. The van der Waals surface area contributed by atoms with Crippen LogP contribution in [0.3, 0.4) is 0 Å². The standard InChI is InChI=1S/C38H62Br2N8O2/c1-43(2)13-7-11-41-27-31-23-35(39)25-33(37(31)49)29-47-17-9-15-46(6)20-22-48(18-10-16-45(5)19-21-47)30-34-26-36(40)24-32(38(34)50)28-42-12-8-14-44(3)4/h23-28,49-50H,7-22,29-30H2,1-6H3. The van der Waals surface area contributed by atoms with E-state index < -0.39 is 0 Å². The lowest BCUT2D eigenvalue weighted by Crippen LogP contribution is -2.39. The molecule has 3 rings (SSSR count). The molecule has 1 saturated heterocycles. The number of aromatic hydroxyl groups is 2. The number of rotatable bonds is 14. The fourth-order valence-electron chi connectivity index (χ4n) is 6.08. The molecule has 1 aliphatic rings. The van der Waals surface area contributed by atoms with E-state index in [0.29, 0.717) is 24.6 Å². The van der Waals surface area contributed by atoms with E-state index in [1.54, 1.807) is 0 Å². The van der Waals surface area contributed by atoms with Gasteiger partial charge in [0.15, 0.2) is 0 Å². The van der Waals surface area contributed by atoms with Crippen LogP contribution in [0.1, 0.15) is 47.9 Å². The van der Waals surface area contributed by atoms with Crippen molar-refractivity contribution in [2.45, 2.75) is 38.8 Å². The van der Waals surface area contributed by atoms with Gasteiger partial charge in [-0.1, -0.05) is 31.9 Å². The number of hydrogen-bond acceptors (Lipinski definition) is 10. The first-order valence-electron chi connectivity index (χ1n) is 18.0. The zero-order valence-electron chi connectivity index (χ0n) is 31.4. The van der Waals surface area contributed by atoms with Gasteiger partial charge in [0.05, 0.1) is 0 Å². The number of aliphatic imine (C=N–C) groups is 2. The van der Waals surface area contributed by atoms with Crippen LogP contribution in [0.4, 0.5) is 0 Å². The molecule has 0 spiro atoms. The minimum absolute atomic E-state index is 0.324. The van der Waals surface area contributed by atoms with Crippen molar-refractivity contribution in [1.29, 1.82) is 0 Å². The Balaban J connectivity index is 1.62. The maximum absolute atomic E-state index is 11.2. The quantitative estimate of drug-likeness (QED) is 0.196. The highest BCUT2D eigenvalue weighted by atomic mass is 79.9. The van der Waals surface area contributed by atoms with E-state index in [0.717, 1.165) is 135 Å². The minimum Gasteiger partial charge on any atom is -0.507 e. The van der Waals surface area contributed by atoms with Crippen molar-refractivity contribution in [1.82, 2.24) is 29.4 Å². The molecule has 2 aromatic carbocycles. The molecular weight excluding hydrogens is 760 g/mol. The smallest absolute Gasteiger partial charge is 0.128 e. The first kappa shape index (κ1) is 42.5. The summed E-state index contributed by atoms with van der Waals surface area (Å²) in [5, 5.41) is 22.4. The van der Waals surface area contributed by atoms with Crippen molar-refractivity contribution in [2.75, 3.05) is 121 Å². The third-order valence-electron chi connectivity index (χ3n) is 9.02. The summed E-state index contributed by atoms with van der Waals surface area (Å²) in [6.07, 6.45) is 7.68. The molecular formula is C38H62Br2N8O2. The Morgan fingerprint density at radius 2 is 1.02 bits per heavy atom. The van der Waals surface area contributed by atoms with Gasteiger partial charge in [-0.15, -0.1) is 0 Å². The van der Waals surface area contributed by atoms with Gasteiger partial charge < -0.3 is 29.8 Å². The average molecular weight is 823 g/mol. The fraction of sp³-hybridized carbons (Fsp3) is 0.632. The molecule has 12 heteroatoms. The monoisotopic (exact) mass is 820 g/mol. The Morgan fingerprint density at radius 1 is 0.620 bits per heavy atom. The Kier molecular flexibility index (Phi) is 19.5. The predicted molar refractivity (Wildman–Crippen MR) is 218 cm³/mol. The Labute approximate surface area is 319 Å². The molecule has 0 saturated carbocycles. The van der Waals surface area contributed by atoms with Crippen molar-refractivity contribution < 1.29 is 10.2 Å². The zero-order valence-corrected chi connectivity index (χ0v) is 34.6. The second-order valence-electron chi connectivity index (χ2n) is 14.3. The summed E-state index contributed by atoms with van der Waals surface area (Å²) in [5.41, 5.74) is 3.38. The zero-order chi connectivity index (χ0) is 36.5. The summed E-state index contributed by atoms with van der Waals surface area (Å²) in [4.78, 5) is 23.3. The summed E-state index contributed by atoms with van der Waals surface area (Å²) < 4.78 is 1.92. The molecule has 50 heavy (non-hydrogen) atoms. The van der Waals surface area contributed by atoms with E-state index >= 15 is 0 Å². The van der Waals surface area contributed by atoms with Crippen molar-refractivity contribution in [3.8, 4) is 11.5 Å². The van der Waals surface area contributed by atoms with Gasteiger partial charge in [-0.25, -0.2) is 0 Å². The van der Waals surface area contributed by atoms with Crippen molar-refractivity contribution >= 4 is 44.3 Å². The summed E-state index contributed by atoms with van der Waals surface area (Å²) in [6, 6.07) is 7.98. The van der Waals surface area contributed by atoms with Gasteiger partial charge in [-0.05, 0) is 132 Å². The van der Waals surface area contributed by atoms with Crippen molar-refractivity contribution in [2.24, 2.45) is 9.98 Å². The molecule has 0 amide bonds. The highest BCUT2D eigenvalue weighted by molar-refractivity contribution is 9.10. The first-order valence-corrected chi connectivity index (χ1v) is 19.6. The van der Waals surface area contributed by atoms with Gasteiger partial charge in [0, 0.05) is 96.0 Å². The van der Waals surface area contributed by atoms with Crippen LogP contribution in [0.25, 0.3) is 0 Å². The lowest BCUT2D eigenvalue weighted by atomic mass is 10.1. The molecule has 1 heterocycles. The molecule has 2 N–H and O–H groups in total. The Bertz CT molecular complexity index is 1260. The lowest BCUT2D eigenvalue weighted by molar-refractivity contribution is 0.172. The van der Waals surface area contributed by atoms with Crippen LogP contribution in [0, 0.1) is 0 Å². The van der Waals surface area contributed by atoms with Crippen LogP contribution in [0.5, 0.6) is 11.5 Å². The highest BCUT2D eigenvalue weighted by Crippen LogP contribution is 2.29. The number of likely N-dealkylation sites (N-methyl/N-ethyl adjacent to an activating group) is 2. The summed E-state index contributed by atoms with van der Waals surface area (Å²) in [7, 11) is 12.7. The first-order chi connectivity index (χ1) is 23.9. The lowest BCUT2D eigenvalue weighted by Gasteiger charge is -2.30. The second-order valence-corrected chi connectivity index (χ2v) is 16.1. The van der Waals surface area contributed by atoms with Gasteiger partial charge in [-0.2, -0.15) is 0 Å². The SMILES string of the molecule is CN(C)CCCN=Cc1cc(Br)cc(CN2CCCN(C)CCN(Cc3cc(Br)cc(C=NCCCN(C)C)c3O)CCCN(C)CC2)c1O. The largest absolute Gasteiger partial charge is 0.507 e. The van der Waals surface area contributed by atoms with Crippen LogP contribution < -0.4 is 0 Å². The van der Waals surface area contributed by atoms with Crippen molar-refractivity contribution in [3.63, 3.8) is 0 Å². The van der Waals surface area contributed by atoms with Gasteiger partial charge in [0.1, 0.15) is 11.5 Å². The van der Waals surface area contributed by atoms with Crippen LogP contribution in [-0.2, 0) is 13.1 Å². The van der Waals surface area contributed by atoms with Crippen LogP contribution in [0.15, 0.2) is 43.2 Å². The topological polar surface area (TPSA) is 84.6 Å². The normalized spacial score (nSPS) is 17.5. The van der Waals surface area contributed by atoms with E-state index in [2.05, 4.69) is 114 Å². The molecule has 10 nitrogen and oxygen atoms in total. The molecule has 0 unspecified atom stereocenters. The summed E-state index contributed by atoms with van der Waals surface area (Å²) in [5.74, 6) is 0.649. The number of nitrogens with zero attached hydrogens (tertiary/aromatic N) is 8. The van der Waals surface area contributed by atoms with Gasteiger partial charge in [0.25, 0.3) is 0 Å². The van der Waals surface area contributed by atoms with Crippen molar-refractivity contribution in [3.05, 3.63) is 55.5 Å².